The smallest absolute Gasteiger partial charge is 0.383 e. The van der Waals surface area contributed by atoms with E-state index in [0.29, 0.717) is 11.1 Å². The minimum atomic E-state index is -4.57. The Morgan fingerprint density at radius 1 is 1.50 bits per heavy atom. The van der Waals surface area contributed by atoms with E-state index < -0.39 is 18.7 Å². The molecule has 0 saturated heterocycles. The Bertz CT molecular complexity index is 311. The fourth-order valence-corrected chi connectivity index (χ4v) is 1.03. The summed E-state index contributed by atoms with van der Waals surface area (Å²) in [5, 5.41) is 8.81. The molecule has 2 nitrogen and oxygen atoms in total. The summed E-state index contributed by atoms with van der Waals surface area (Å²) in [6.45, 7) is 1.68. The fraction of sp³-hybridized carbons (Fsp3) is 0.444. The van der Waals surface area contributed by atoms with Crippen molar-refractivity contribution in [3.05, 3.63) is 29.6 Å². The largest absolute Gasteiger partial charge is 0.414 e. The molecule has 0 saturated carbocycles. The Morgan fingerprint density at radius 3 is 2.64 bits per heavy atom. The first-order valence-electron chi connectivity index (χ1n) is 4.05. The summed E-state index contributed by atoms with van der Waals surface area (Å²) in [6.07, 6.45) is -4.49. The van der Waals surface area contributed by atoms with Gasteiger partial charge in [0.1, 0.15) is 0 Å². The van der Waals surface area contributed by atoms with Crippen LogP contribution < -0.4 is 0 Å². The molecule has 14 heavy (non-hydrogen) atoms. The van der Waals surface area contributed by atoms with E-state index in [0.717, 1.165) is 0 Å². The number of nitrogens with zero attached hydrogens (tertiary/aromatic N) is 1. The Kier molecular flexibility index (Phi) is 3.10. The van der Waals surface area contributed by atoms with Crippen molar-refractivity contribution in [2.24, 2.45) is 0 Å². The molecule has 78 valence electrons. The molecule has 1 aromatic heterocycles. The van der Waals surface area contributed by atoms with Gasteiger partial charge in [0.25, 0.3) is 0 Å². The van der Waals surface area contributed by atoms with Crippen molar-refractivity contribution in [1.82, 2.24) is 4.98 Å². The van der Waals surface area contributed by atoms with E-state index in [1.54, 1.807) is 13.0 Å². The molecule has 1 atom stereocenters. The van der Waals surface area contributed by atoms with Crippen LogP contribution in [0, 0.1) is 6.92 Å². The van der Waals surface area contributed by atoms with Crippen LogP contribution in [0.25, 0.3) is 0 Å². The maximum absolute atomic E-state index is 12.0. The number of aromatic nitrogens is 1. The maximum Gasteiger partial charge on any atom is 0.414 e. The summed E-state index contributed by atoms with van der Waals surface area (Å²) in [6, 6.07) is 1.61. The SMILES string of the molecule is Cc1ccncc1CC(O)C(F)(F)F. The summed E-state index contributed by atoms with van der Waals surface area (Å²) >= 11 is 0. The van der Waals surface area contributed by atoms with Crippen LogP contribution in [0.5, 0.6) is 0 Å². The third-order valence-electron chi connectivity index (χ3n) is 1.94. The van der Waals surface area contributed by atoms with Crippen LogP contribution in [0.4, 0.5) is 13.2 Å². The van der Waals surface area contributed by atoms with Gasteiger partial charge in [-0.3, -0.25) is 4.98 Å². The number of aryl methyl sites for hydroxylation is 1. The van der Waals surface area contributed by atoms with Crippen molar-refractivity contribution in [3.8, 4) is 0 Å². The number of hydrogen-bond acceptors (Lipinski definition) is 2. The molecule has 1 rings (SSSR count). The molecular formula is C9H10F3NO. The van der Waals surface area contributed by atoms with Crippen LogP contribution in [0.2, 0.25) is 0 Å². The highest BCUT2D eigenvalue weighted by molar-refractivity contribution is 5.22. The van der Waals surface area contributed by atoms with Gasteiger partial charge in [-0.1, -0.05) is 0 Å². The Labute approximate surface area is 79.4 Å². The highest BCUT2D eigenvalue weighted by atomic mass is 19.4. The van der Waals surface area contributed by atoms with Gasteiger partial charge in [-0.05, 0) is 24.1 Å². The number of rotatable bonds is 2. The van der Waals surface area contributed by atoms with Crippen LogP contribution in [-0.4, -0.2) is 22.4 Å². The zero-order valence-electron chi connectivity index (χ0n) is 7.54. The first-order valence-corrected chi connectivity index (χ1v) is 4.05. The number of halogens is 3. The third kappa shape index (κ3) is 2.70. The molecule has 0 bridgehead atoms. The molecule has 0 aliphatic carbocycles. The highest BCUT2D eigenvalue weighted by Crippen LogP contribution is 2.23. The Balaban J connectivity index is 2.75. The van der Waals surface area contributed by atoms with E-state index in [4.69, 9.17) is 5.11 Å². The van der Waals surface area contributed by atoms with Crippen LogP contribution in [0.15, 0.2) is 18.5 Å². The maximum atomic E-state index is 12.0. The van der Waals surface area contributed by atoms with E-state index >= 15 is 0 Å². The number of aliphatic hydroxyl groups excluding tert-OH is 1. The van der Waals surface area contributed by atoms with E-state index in [2.05, 4.69) is 4.98 Å². The summed E-state index contributed by atoms with van der Waals surface area (Å²) in [5.74, 6) is 0. The number of pyridine rings is 1. The van der Waals surface area contributed by atoms with Gasteiger partial charge >= 0.3 is 6.18 Å². The zero-order valence-corrected chi connectivity index (χ0v) is 7.54. The average Bonchev–Trinajstić information content (AvgIpc) is 2.07. The van der Waals surface area contributed by atoms with E-state index in [1.807, 2.05) is 0 Å². The van der Waals surface area contributed by atoms with Crippen molar-refractivity contribution < 1.29 is 18.3 Å². The minimum Gasteiger partial charge on any atom is -0.383 e. The van der Waals surface area contributed by atoms with Crippen molar-refractivity contribution in [3.63, 3.8) is 0 Å². The van der Waals surface area contributed by atoms with E-state index in [-0.39, 0.29) is 0 Å². The lowest BCUT2D eigenvalue weighted by atomic mass is 10.1. The Morgan fingerprint density at radius 2 is 2.14 bits per heavy atom. The second kappa shape index (κ2) is 3.96. The summed E-state index contributed by atoms with van der Waals surface area (Å²) < 4.78 is 36.0. The summed E-state index contributed by atoms with van der Waals surface area (Å²) in [4.78, 5) is 3.70. The van der Waals surface area contributed by atoms with Gasteiger partial charge in [0.2, 0.25) is 0 Å². The van der Waals surface area contributed by atoms with Gasteiger partial charge in [0, 0.05) is 18.8 Å². The average molecular weight is 205 g/mol. The topological polar surface area (TPSA) is 33.1 Å². The quantitative estimate of drug-likeness (QED) is 0.799. The van der Waals surface area contributed by atoms with Crippen molar-refractivity contribution in [1.29, 1.82) is 0 Å². The van der Waals surface area contributed by atoms with Crippen molar-refractivity contribution in [2.45, 2.75) is 25.6 Å². The number of aliphatic hydroxyl groups is 1. The molecule has 1 aromatic rings. The van der Waals surface area contributed by atoms with Gasteiger partial charge in [0.15, 0.2) is 6.10 Å². The van der Waals surface area contributed by atoms with Crippen LogP contribution in [0.1, 0.15) is 11.1 Å². The second-order valence-electron chi connectivity index (χ2n) is 3.06. The number of hydrogen-bond donors (Lipinski definition) is 1. The molecule has 0 amide bonds. The van der Waals surface area contributed by atoms with Crippen LogP contribution in [-0.2, 0) is 6.42 Å². The monoisotopic (exact) mass is 205 g/mol. The molecule has 0 spiro atoms. The van der Waals surface area contributed by atoms with Gasteiger partial charge in [0.05, 0.1) is 0 Å². The number of alkyl halides is 3. The summed E-state index contributed by atoms with van der Waals surface area (Å²) in [5.41, 5.74) is 1.11. The van der Waals surface area contributed by atoms with Gasteiger partial charge in [-0.2, -0.15) is 13.2 Å². The van der Waals surface area contributed by atoms with Crippen molar-refractivity contribution >= 4 is 0 Å². The molecule has 0 aliphatic heterocycles. The zero-order chi connectivity index (χ0) is 10.8. The lowest BCUT2D eigenvalue weighted by Crippen LogP contribution is -2.30. The molecular weight excluding hydrogens is 195 g/mol. The van der Waals surface area contributed by atoms with Gasteiger partial charge in [-0.15, -0.1) is 0 Å². The predicted molar refractivity (Wildman–Crippen MR) is 44.7 cm³/mol. The normalized spacial score (nSPS) is 14.1. The van der Waals surface area contributed by atoms with Crippen LogP contribution >= 0.6 is 0 Å². The van der Waals surface area contributed by atoms with E-state index in [9.17, 15) is 13.2 Å². The lowest BCUT2D eigenvalue weighted by molar-refractivity contribution is -0.203. The molecule has 1 heterocycles. The molecule has 1 unspecified atom stereocenters. The van der Waals surface area contributed by atoms with E-state index in [1.165, 1.54) is 12.4 Å². The minimum absolute atomic E-state index is 0.414. The third-order valence-corrected chi connectivity index (χ3v) is 1.94. The highest BCUT2D eigenvalue weighted by Gasteiger charge is 2.38. The lowest BCUT2D eigenvalue weighted by Gasteiger charge is -2.15. The van der Waals surface area contributed by atoms with Crippen molar-refractivity contribution in [2.75, 3.05) is 0 Å². The predicted octanol–water partition coefficient (Wildman–Crippen LogP) is 1.86. The first-order chi connectivity index (χ1) is 6.41. The molecule has 0 aromatic carbocycles. The summed E-state index contributed by atoms with van der Waals surface area (Å²) in [7, 11) is 0. The standard InChI is InChI=1S/C9H10F3NO/c1-6-2-3-13-5-7(6)4-8(14)9(10,11)12/h2-3,5,8,14H,4H2,1H3. The molecule has 1 N–H and O–H groups in total. The molecule has 0 radical (unpaired) electrons. The molecule has 0 fully saturated rings. The van der Waals surface area contributed by atoms with Crippen LogP contribution in [0.3, 0.4) is 0 Å². The van der Waals surface area contributed by atoms with Gasteiger partial charge in [-0.25, -0.2) is 0 Å². The molecule has 5 heteroatoms. The first kappa shape index (κ1) is 11.0. The Hall–Kier alpha value is -1.10. The second-order valence-corrected chi connectivity index (χ2v) is 3.06. The molecule has 0 aliphatic rings. The fourth-order valence-electron chi connectivity index (χ4n) is 1.03. The van der Waals surface area contributed by atoms with Gasteiger partial charge < -0.3 is 5.11 Å².